The average molecular weight is 445 g/mol. The van der Waals surface area contributed by atoms with Crippen LogP contribution in [-0.2, 0) is 10.2 Å². The third kappa shape index (κ3) is 5.11. The van der Waals surface area contributed by atoms with Crippen LogP contribution in [0.4, 0.5) is 5.82 Å². The zero-order valence-corrected chi connectivity index (χ0v) is 18.4. The third-order valence-corrected chi connectivity index (χ3v) is 5.92. The molecule has 0 spiro atoms. The second kappa shape index (κ2) is 9.05. The minimum atomic E-state index is -0.563. The predicted octanol–water partition coefficient (Wildman–Crippen LogP) is 3.45. The van der Waals surface area contributed by atoms with Gasteiger partial charge in [0.05, 0.1) is 5.41 Å². The molecule has 1 saturated heterocycles. The van der Waals surface area contributed by atoms with E-state index in [-0.39, 0.29) is 11.9 Å². The zero-order chi connectivity index (χ0) is 20.1. The summed E-state index contributed by atoms with van der Waals surface area (Å²) < 4.78 is 1.02. The Kier molecular flexibility index (Phi) is 6.73. The number of rotatable bonds is 6. The van der Waals surface area contributed by atoms with Crippen LogP contribution in [0.15, 0.2) is 53.1 Å². The van der Waals surface area contributed by atoms with Crippen molar-refractivity contribution in [1.82, 2.24) is 15.2 Å². The van der Waals surface area contributed by atoms with E-state index in [2.05, 4.69) is 49.0 Å². The minimum Gasteiger partial charge on any atom is -0.354 e. The summed E-state index contributed by atoms with van der Waals surface area (Å²) in [6.45, 7) is 10.8. The molecule has 0 aliphatic carbocycles. The van der Waals surface area contributed by atoms with Gasteiger partial charge in [-0.3, -0.25) is 9.69 Å². The monoisotopic (exact) mass is 444 g/mol. The van der Waals surface area contributed by atoms with Crippen molar-refractivity contribution in [3.63, 3.8) is 0 Å². The summed E-state index contributed by atoms with van der Waals surface area (Å²) in [4.78, 5) is 22.0. The van der Waals surface area contributed by atoms with E-state index in [4.69, 9.17) is 0 Å². The van der Waals surface area contributed by atoms with Crippen LogP contribution >= 0.6 is 15.9 Å². The van der Waals surface area contributed by atoms with Crippen molar-refractivity contribution in [3.05, 3.63) is 58.7 Å². The number of nitrogens with zero attached hydrogens (tertiary/aromatic N) is 3. The lowest BCUT2D eigenvalue weighted by Gasteiger charge is -2.37. The summed E-state index contributed by atoms with van der Waals surface area (Å²) in [6.07, 6.45) is 1.84. The normalized spacial score (nSPS) is 16.6. The van der Waals surface area contributed by atoms with Gasteiger partial charge in [0.15, 0.2) is 0 Å². The van der Waals surface area contributed by atoms with Gasteiger partial charge in [-0.05, 0) is 50.6 Å². The number of anilines is 1. The number of hydrogen-bond acceptors (Lipinski definition) is 4. The van der Waals surface area contributed by atoms with Crippen LogP contribution in [0, 0.1) is 0 Å². The van der Waals surface area contributed by atoms with Crippen molar-refractivity contribution in [2.45, 2.75) is 32.2 Å². The maximum Gasteiger partial charge on any atom is 0.230 e. The van der Waals surface area contributed by atoms with E-state index in [1.807, 2.05) is 56.4 Å². The Morgan fingerprint density at radius 1 is 1.14 bits per heavy atom. The number of halogens is 1. The molecule has 0 radical (unpaired) electrons. The molecular weight excluding hydrogens is 416 g/mol. The number of amides is 1. The van der Waals surface area contributed by atoms with Gasteiger partial charge >= 0.3 is 0 Å². The number of benzene rings is 1. The SMILES string of the molecule is CC(CN1CCN(c2ccccn2)CC1)NC(=O)C(C)(C)c1ccc(Br)cc1. The number of carbonyl (C=O) groups excluding carboxylic acids is 1. The first kappa shape index (κ1) is 20.8. The lowest BCUT2D eigenvalue weighted by atomic mass is 9.83. The molecular formula is C22H29BrN4O. The number of carbonyl (C=O) groups is 1. The summed E-state index contributed by atoms with van der Waals surface area (Å²) in [5.74, 6) is 1.11. The van der Waals surface area contributed by atoms with E-state index in [0.717, 1.165) is 48.6 Å². The number of hydrogen-bond donors (Lipinski definition) is 1. The second-order valence-corrected chi connectivity index (χ2v) is 8.90. The van der Waals surface area contributed by atoms with Crippen LogP contribution in [0.2, 0.25) is 0 Å². The maximum absolute atomic E-state index is 12.9. The van der Waals surface area contributed by atoms with Crippen molar-refractivity contribution >= 4 is 27.7 Å². The van der Waals surface area contributed by atoms with Gasteiger partial charge in [-0.1, -0.05) is 34.1 Å². The largest absolute Gasteiger partial charge is 0.354 e. The van der Waals surface area contributed by atoms with Crippen LogP contribution in [0.25, 0.3) is 0 Å². The van der Waals surface area contributed by atoms with E-state index in [1.165, 1.54) is 0 Å². The minimum absolute atomic E-state index is 0.0643. The first-order valence-corrected chi connectivity index (χ1v) is 10.6. The fourth-order valence-corrected chi connectivity index (χ4v) is 3.80. The number of pyridine rings is 1. The molecule has 1 fully saturated rings. The molecule has 1 atom stereocenters. The molecule has 6 heteroatoms. The van der Waals surface area contributed by atoms with E-state index in [0.29, 0.717) is 0 Å². The van der Waals surface area contributed by atoms with Gasteiger partial charge in [-0.2, -0.15) is 0 Å². The Balaban J connectivity index is 1.49. The van der Waals surface area contributed by atoms with E-state index >= 15 is 0 Å². The van der Waals surface area contributed by atoms with Gasteiger partial charge in [0.25, 0.3) is 0 Å². The fourth-order valence-electron chi connectivity index (χ4n) is 3.54. The van der Waals surface area contributed by atoms with Gasteiger partial charge < -0.3 is 10.2 Å². The van der Waals surface area contributed by atoms with Crippen LogP contribution in [0.3, 0.4) is 0 Å². The van der Waals surface area contributed by atoms with Crippen molar-refractivity contribution in [3.8, 4) is 0 Å². The highest BCUT2D eigenvalue weighted by Crippen LogP contribution is 2.25. The van der Waals surface area contributed by atoms with Crippen LogP contribution in [0.5, 0.6) is 0 Å². The fraction of sp³-hybridized carbons (Fsp3) is 0.455. The topological polar surface area (TPSA) is 48.5 Å². The summed E-state index contributed by atoms with van der Waals surface area (Å²) in [7, 11) is 0. The van der Waals surface area contributed by atoms with Gasteiger partial charge in [-0.25, -0.2) is 4.98 Å². The molecule has 150 valence electrons. The summed E-state index contributed by atoms with van der Waals surface area (Å²) in [6, 6.07) is 14.1. The molecule has 1 aliphatic heterocycles. The Bertz CT molecular complexity index is 771. The summed E-state index contributed by atoms with van der Waals surface area (Å²) in [5.41, 5.74) is 0.455. The van der Waals surface area contributed by atoms with E-state index < -0.39 is 5.41 Å². The molecule has 1 aromatic carbocycles. The van der Waals surface area contributed by atoms with E-state index in [1.54, 1.807) is 0 Å². The highest BCUT2D eigenvalue weighted by atomic mass is 79.9. The number of piperazine rings is 1. The Hall–Kier alpha value is -1.92. The van der Waals surface area contributed by atoms with E-state index in [9.17, 15) is 4.79 Å². The molecule has 2 aromatic rings. The van der Waals surface area contributed by atoms with Crippen molar-refractivity contribution in [2.75, 3.05) is 37.6 Å². The molecule has 1 N–H and O–H groups in total. The molecule has 1 unspecified atom stereocenters. The first-order valence-electron chi connectivity index (χ1n) is 9.81. The van der Waals surface area contributed by atoms with Gasteiger partial charge in [0.1, 0.15) is 5.82 Å². The predicted molar refractivity (Wildman–Crippen MR) is 118 cm³/mol. The Morgan fingerprint density at radius 2 is 1.82 bits per heavy atom. The standard InChI is InChI=1S/C22H29BrN4O/c1-17(25-21(28)22(2,3)18-7-9-19(23)10-8-18)16-26-12-14-27(15-13-26)20-6-4-5-11-24-20/h4-11,17H,12-16H2,1-3H3,(H,25,28). The molecule has 0 bridgehead atoms. The smallest absolute Gasteiger partial charge is 0.230 e. The van der Waals surface area contributed by atoms with Crippen molar-refractivity contribution in [2.24, 2.45) is 0 Å². The molecule has 0 saturated carbocycles. The lowest BCUT2D eigenvalue weighted by molar-refractivity contribution is -0.126. The van der Waals surface area contributed by atoms with Crippen LogP contribution < -0.4 is 10.2 Å². The highest BCUT2D eigenvalue weighted by Gasteiger charge is 2.31. The first-order chi connectivity index (χ1) is 13.4. The molecule has 3 rings (SSSR count). The summed E-state index contributed by atoms with van der Waals surface area (Å²) in [5, 5.41) is 3.21. The molecule has 28 heavy (non-hydrogen) atoms. The number of nitrogens with one attached hydrogen (secondary N) is 1. The summed E-state index contributed by atoms with van der Waals surface area (Å²) >= 11 is 3.45. The van der Waals surface area contributed by atoms with Crippen molar-refractivity contribution < 1.29 is 4.79 Å². The van der Waals surface area contributed by atoms with Gasteiger partial charge in [-0.15, -0.1) is 0 Å². The molecule has 1 aromatic heterocycles. The quantitative estimate of drug-likeness (QED) is 0.740. The van der Waals surface area contributed by atoms with Crippen LogP contribution in [0.1, 0.15) is 26.3 Å². The number of aromatic nitrogens is 1. The molecule has 2 heterocycles. The lowest BCUT2D eigenvalue weighted by Crippen LogP contribution is -2.52. The third-order valence-electron chi connectivity index (χ3n) is 5.39. The molecule has 5 nitrogen and oxygen atoms in total. The van der Waals surface area contributed by atoms with Gasteiger partial charge in [0, 0.05) is 49.4 Å². The second-order valence-electron chi connectivity index (χ2n) is 7.98. The average Bonchev–Trinajstić information content (AvgIpc) is 2.69. The zero-order valence-electron chi connectivity index (χ0n) is 16.9. The Morgan fingerprint density at radius 3 is 2.43 bits per heavy atom. The Labute approximate surface area is 176 Å². The van der Waals surface area contributed by atoms with Gasteiger partial charge in [0.2, 0.25) is 5.91 Å². The van der Waals surface area contributed by atoms with Crippen molar-refractivity contribution in [1.29, 1.82) is 0 Å². The maximum atomic E-state index is 12.9. The van der Waals surface area contributed by atoms with Crippen LogP contribution in [-0.4, -0.2) is 54.6 Å². The highest BCUT2D eigenvalue weighted by molar-refractivity contribution is 9.10. The molecule has 1 aliphatic rings. The molecule has 1 amide bonds.